The van der Waals surface area contributed by atoms with Crippen LogP contribution >= 0.6 is 0 Å². The number of methoxy groups -OCH3 is 1. The molecule has 0 N–H and O–H groups in total. The van der Waals surface area contributed by atoms with Gasteiger partial charge in [-0.3, -0.25) is 14.5 Å². The van der Waals surface area contributed by atoms with E-state index in [0.29, 0.717) is 12.6 Å². The third kappa shape index (κ3) is 5.22. The van der Waals surface area contributed by atoms with Crippen LogP contribution in [0.15, 0.2) is 24.3 Å². The van der Waals surface area contributed by atoms with E-state index >= 15 is 0 Å². The van der Waals surface area contributed by atoms with Crippen LogP contribution in [0, 0.1) is 5.92 Å². The zero-order valence-electron chi connectivity index (χ0n) is 18.9. The number of nitrogens with zero attached hydrogens (tertiary/aromatic N) is 2. The maximum Gasteiger partial charge on any atom is 0.310 e. The van der Waals surface area contributed by atoms with E-state index in [4.69, 9.17) is 9.47 Å². The number of carbonyl (C=O) groups excluding carboxylic acids is 2. The molecule has 1 amide bonds. The summed E-state index contributed by atoms with van der Waals surface area (Å²) in [6.45, 7) is 9.67. The van der Waals surface area contributed by atoms with Crippen LogP contribution in [0.2, 0.25) is 0 Å². The molecule has 2 aliphatic heterocycles. The van der Waals surface area contributed by atoms with E-state index in [1.165, 1.54) is 0 Å². The minimum Gasteiger partial charge on any atom is -0.466 e. The highest BCUT2D eigenvalue weighted by Crippen LogP contribution is 2.27. The largest absolute Gasteiger partial charge is 0.466 e. The predicted molar refractivity (Wildman–Crippen MR) is 116 cm³/mol. The summed E-state index contributed by atoms with van der Waals surface area (Å²) >= 11 is 0. The van der Waals surface area contributed by atoms with Crippen molar-refractivity contribution in [2.24, 2.45) is 5.92 Å². The highest BCUT2D eigenvalue weighted by atomic mass is 16.5. The Labute approximate surface area is 180 Å². The molecule has 1 aromatic rings. The second-order valence-corrected chi connectivity index (χ2v) is 8.90. The number of carbonyl (C=O) groups is 2. The first-order chi connectivity index (χ1) is 14.4. The first kappa shape index (κ1) is 22.8. The van der Waals surface area contributed by atoms with Crippen molar-refractivity contribution in [3.05, 3.63) is 35.4 Å². The van der Waals surface area contributed by atoms with E-state index in [0.717, 1.165) is 63.0 Å². The number of likely N-dealkylation sites (tertiary alicyclic amines) is 2. The summed E-state index contributed by atoms with van der Waals surface area (Å²) in [6, 6.07) is 8.20. The molecule has 30 heavy (non-hydrogen) atoms. The van der Waals surface area contributed by atoms with Gasteiger partial charge in [0.25, 0.3) is 5.91 Å². The lowest BCUT2D eigenvalue weighted by Crippen LogP contribution is -2.50. The zero-order valence-corrected chi connectivity index (χ0v) is 18.9. The van der Waals surface area contributed by atoms with E-state index < -0.39 is 0 Å². The number of hydrogen-bond donors (Lipinski definition) is 0. The average Bonchev–Trinajstić information content (AvgIpc) is 2.79. The SMILES string of the molecule is CCOC(=O)C1CCCN(C2CCN(C(=O)c3ccc(C(C)(C)OC)cc3)CC2)C1. The van der Waals surface area contributed by atoms with Crippen LogP contribution in [0.25, 0.3) is 0 Å². The number of amides is 1. The van der Waals surface area contributed by atoms with Crippen LogP contribution in [-0.2, 0) is 19.9 Å². The van der Waals surface area contributed by atoms with Crippen LogP contribution in [0.5, 0.6) is 0 Å². The molecule has 2 fully saturated rings. The molecule has 2 aliphatic rings. The van der Waals surface area contributed by atoms with Crippen molar-refractivity contribution in [3.8, 4) is 0 Å². The number of benzene rings is 1. The molecule has 1 aromatic carbocycles. The topological polar surface area (TPSA) is 59.1 Å². The summed E-state index contributed by atoms with van der Waals surface area (Å²) < 4.78 is 10.7. The van der Waals surface area contributed by atoms with Crippen molar-refractivity contribution in [1.29, 1.82) is 0 Å². The van der Waals surface area contributed by atoms with Crippen molar-refractivity contribution in [2.45, 2.75) is 58.1 Å². The summed E-state index contributed by atoms with van der Waals surface area (Å²) in [6.07, 6.45) is 3.86. The monoisotopic (exact) mass is 416 g/mol. The first-order valence-electron chi connectivity index (χ1n) is 11.2. The maximum atomic E-state index is 12.9. The molecule has 0 aliphatic carbocycles. The quantitative estimate of drug-likeness (QED) is 0.665. The standard InChI is InChI=1S/C24H36N2O4/c1-5-30-23(28)19-7-6-14-26(17-19)21-12-15-25(16-13-21)22(27)18-8-10-20(11-9-18)24(2,3)29-4/h8-11,19,21H,5-7,12-17H2,1-4H3. The number of ether oxygens (including phenoxy) is 2. The van der Waals surface area contributed by atoms with Crippen molar-refractivity contribution in [3.63, 3.8) is 0 Å². The van der Waals surface area contributed by atoms with Crippen LogP contribution in [0.4, 0.5) is 0 Å². The third-order valence-electron chi connectivity index (χ3n) is 6.68. The van der Waals surface area contributed by atoms with Crippen molar-refractivity contribution in [1.82, 2.24) is 9.80 Å². The summed E-state index contributed by atoms with van der Waals surface area (Å²) in [5, 5.41) is 0. The van der Waals surface area contributed by atoms with Gasteiger partial charge in [-0.25, -0.2) is 0 Å². The van der Waals surface area contributed by atoms with Gasteiger partial charge in [0.05, 0.1) is 18.1 Å². The van der Waals surface area contributed by atoms with Crippen molar-refractivity contribution in [2.75, 3.05) is 39.9 Å². The van der Waals surface area contributed by atoms with E-state index in [1.54, 1.807) is 7.11 Å². The van der Waals surface area contributed by atoms with E-state index in [2.05, 4.69) is 4.90 Å². The Bertz CT molecular complexity index is 723. The fourth-order valence-electron chi connectivity index (χ4n) is 4.54. The molecular weight excluding hydrogens is 380 g/mol. The molecule has 1 unspecified atom stereocenters. The van der Waals surface area contributed by atoms with E-state index in [1.807, 2.05) is 49.9 Å². The van der Waals surface area contributed by atoms with Gasteiger partial charge in [0.1, 0.15) is 0 Å². The minimum absolute atomic E-state index is 0.00627. The van der Waals surface area contributed by atoms with Gasteiger partial charge >= 0.3 is 5.97 Å². The van der Waals surface area contributed by atoms with Gasteiger partial charge in [-0.15, -0.1) is 0 Å². The molecule has 2 saturated heterocycles. The van der Waals surface area contributed by atoms with Gasteiger partial charge in [-0.2, -0.15) is 0 Å². The van der Waals surface area contributed by atoms with Gasteiger partial charge in [0, 0.05) is 38.3 Å². The van der Waals surface area contributed by atoms with E-state index in [-0.39, 0.29) is 23.4 Å². The molecule has 0 radical (unpaired) electrons. The fourth-order valence-corrected chi connectivity index (χ4v) is 4.54. The summed E-state index contributed by atoms with van der Waals surface area (Å²) in [5.74, 6) is 0.0291. The van der Waals surface area contributed by atoms with Gasteiger partial charge < -0.3 is 14.4 Å². The van der Waals surface area contributed by atoms with Gasteiger partial charge in [0.2, 0.25) is 0 Å². The molecule has 6 heteroatoms. The number of hydrogen-bond acceptors (Lipinski definition) is 5. The maximum absolute atomic E-state index is 12.9. The minimum atomic E-state index is -0.365. The Hall–Kier alpha value is -1.92. The molecule has 2 heterocycles. The Balaban J connectivity index is 1.54. The van der Waals surface area contributed by atoms with E-state index in [9.17, 15) is 9.59 Å². The van der Waals surface area contributed by atoms with Crippen LogP contribution < -0.4 is 0 Å². The zero-order chi connectivity index (χ0) is 21.7. The molecule has 0 bridgehead atoms. The number of piperidine rings is 2. The normalized spacial score (nSPS) is 21.5. The Morgan fingerprint density at radius 2 is 1.73 bits per heavy atom. The third-order valence-corrected chi connectivity index (χ3v) is 6.68. The lowest BCUT2D eigenvalue weighted by Gasteiger charge is -2.41. The fraction of sp³-hybridized carbons (Fsp3) is 0.667. The van der Waals surface area contributed by atoms with Crippen LogP contribution in [0.3, 0.4) is 0 Å². The molecule has 1 atom stereocenters. The first-order valence-corrected chi connectivity index (χ1v) is 11.2. The highest BCUT2D eigenvalue weighted by Gasteiger charge is 2.33. The Kier molecular flexibility index (Phi) is 7.53. The number of esters is 1. The molecule has 3 rings (SSSR count). The van der Waals surface area contributed by atoms with Crippen LogP contribution in [-0.4, -0.2) is 67.6 Å². The summed E-state index contributed by atoms with van der Waals surface area (Å²) in [5.41, 5.74) is 1.42. The molecule has 0 spiro atoms. The van der Waals surface area contributed by atoms with Gasteiger partial charge in [0.15, 0.2) is 0 Å². The smallest absolute Gasteiger partial charge is 0.310 e. The average molecular weight is 417 g/mol. The van der Waals surface area contributed by atoms with Gasteiger partial charge in [-0.05, 0) is 70.7 Å². The molecular formula is C24H36N2O4. The lowest BCUT2D eigenvalue weighted by molar-refractivity contribution is -0.150. The summed E-state index contributed by atoms with van der Waals surface area (Å²) in [4.78, 5) is 29.5. The van der Waals surface area contributed by atoms with Gasteiger partial charge in [-0.1, -0.05) is 12.1 Å². The lowest BCUT2D eigenvalue weighted by atomic mass is 9.93. The Morgan fingerprint density at radius 1 is 1.07 bits per heavy atom. The second kappa shape index (κ2) is 9.92. The predicted octanol–water partition coefficient (Wildman–Crippen LogP) is 3.45. The number of rotatable bonds is 6. The van der Waals surface area contributed by atoms with Crippen molar-refractivity contribution >= 4 is 11.9 Å². The highest BCUT2D eigenvalue weighted by molar-refractivity contribution is 5.94. The molecule has 0 saturated carbocycles. The second-order valence-electron chi connectivity index (χ2n) is 8.90. The van der Waals surface area contributed by atoms with Crippen molar-refractivity contribution < 1.29 is 19.1 Å². The Morgan fingerprint density at radius 3 is 2.33 bits per heavy atom. The molecule has 6 nitrogen and oxygen atoms in total. The molecule has 166 valence electrons. The summed E-state index contributed by atoms with van der Waals surface area (Å²) in [7, 11) is 1.69. The molecule has 0 aromatic heterocycles. The van der Waals surface area contributed by atoms with Crippen LogP contribution in [0.1, 0.15) is 62.4 Å².